The average molecular weight is 514 g/mol. The second-order valence-corrected chi connectivity index (χ2v) is 10.00. The Bertz CT molecular complexity index is 1230. The lowest BCUT2D eigenvalue weighted by Crippen LogP contribution is -2.33. The number of benzene rings is 2. The molecule has 0 bridgehead atoms. The number of carboxylic acids is 1. The van der Waals surface area contributed by atoms with Gasteiger partial charge in [-0.25, -0.2) is 4.79 Å². The standard InChI is InChI=1S/C29H30F3NO4/c30-29(31,32)26-14-19(5-8-25(26)21-3-1-2-4-21)17-36-24-7-6-23-13-20(18-37-27(23)15-24)16-33-11-9-22(10-12-33)28(34)35/h5-9,13-15,21H,1-4,10-12,16-18H2,(H,34,35). The number of hydrogen-bond donors (Lipinski definition) is 1. The third-order valence-corrected chi connectivity index (χ3v) is 7.38. The monoisotopic (exact) mass is 513 g/mol. The van der Waals surface area contributed by atoms with Crippen molar-refractivity contribution in [3.8, 4) is 11.5 Å². The fourth-order valence-electron chi connectivity index (χ4n) is 5.41. The molecule has 2 aliphatic heterocycles. The minimum absolute atomic E-state index is 0.0177. The van der Waals surface area contributed by atoms with Crippen molar-refractivity contribution in [2.45, 2.75) is 50.8 Å². The first-order chi connectivity index (χ1) is 17.8. The van der Waals surface area contributed by atoms with Crippen LogP contribution >= 0.6 is 0 Å². The number of alkyl halides is 3. The van der Waals surface area contributed by atoms with Gasteiger partial charge in [-0.1, -0.05) is 31.1 Å². The highest BCUT2D eigenvalue weighted by molar-refractivity contribution is 5.86. The molecule has 5 nitrogen and oxygen atoms in total. The van der Waals surface area contributed by atoms with Gasteiger partial charge in [0.1, 0.15) is 24.7 Å². The summed E-state index contributed by atoms with van der Waals surface area (Å²) >= 11 is 0. The van der Waals surface area contributed by atoms with E-state index in [0.29, 0.717) is 60.9 Å². The molecule has 196 valence electrons. The summed E-state index contributed by atoms with van der Waals surface area (Å²) in [6, 6.07) is 10.0. The second-order valence-electron chi connectivity index (χ2n) is 10.00. The molecular weight excluding hydrogens is 483 g/mol. The van der Waals surface area contributed by atoms with Crippen LogP contribution in [0.25, 0.3) is 6.08 Å². The van der Waals surface area contributed by atoms with Gasteiger partial charge in [0.25, 0.3) is 0 Å². The summed E-state index contributed by atoms with van der Waals surface area (Å²) in [4.78, 5) is 13.3. The fourth-order valence-corrected chi connectivity index (χ4v) is 5.41. The van der Waals surface area contributed by atoms with Gasteiger partial charge in [0.05, 0.1) is 5.56 Å². The van der Waals surface area contributed by atoms with E-state index in [-0.39, 0.29) is 12.5 Å². The molecule has 8 heteroatoms. The Kier molecular flexibility index (Phi) is 7.29. The van der Waals surface area contributed by atoms with Crippen LogP contribution in [0.1, 0.15) is 60.3 Å². The highest BCUT2D eigenvalue weighted by Gasteiger charge is 2.36. The normalized spacial score (nSPS) is 18.6. The van der Waals surface area contributed by atoms with Crippen LogP contribution in [0.4, 0.5) is 13.2 Å². The highest BCUT2D eigenvalue weighted by atomic mass is 19.4. The molecule has 37 heavy (non-hydrogen) atoms. The van der Waals surface area contributed by atoms with E-state index in [9.17, 15) is 18.0 Å². The summed E-state index contributed by atoms with van der Waals surface area (Å²) < 4.78 is 53.1. The molecule has 5 rings (SSSR count). The number of ether oxygens (including phenoxy) is 2. The number of carboxylic acid groups (broad SMARTS) is 1. The van der Waals surface area contributed by atoms with E-state index < -0.39 is 17.7 Å². The molecule has 0 aromatic heterocycles. The number of nitrogens with zero attached hydrogens (tertiary/aromatic N) is 1. The molecule has 0 saturated heterocycles. The zero-order valence-corrected chi connectivity index (χ0v) is 20.5. The predicted molar refractivity (Wildman–Crippen MR) is 134 cm³/mol. The Hall–Kier alpha value is -3.26. The van der Waals surface area contributed by atoms with Gasteiger partial charge in [0.15, 0.2) is 0 Å². The van der Waals surface area contributed by atoms with Crippen molar-refractivity contribution in [3.63, 3.8) is 0 Å². The molecule has 1 N–H and O–H groups in total. The van der Waals surface area contributed by atoms with Gasteiger partial charge in [-0.05, 0) is 66.2 Å². The van der Waals surface area contributed by atoms with Crippen LogP contribution in [-0.4, -0.2) is 42.2 Å². The number of rotatable bonds is 7. The van der Waals surface area contributed by atoms with Crippen LogP contribution in [0.2, 0.25) is 0 Å². The van der Waals surface area contributed by atoms with Gasteiger partial charge in [0.2, 0.25) is 0 Å². The molecule has 1 saturated carbocycles. The first-order valence-corrected chi connectivity index (χ1v) is 12.7. The van der Waals surface area contributed by atoms with E-state index in [1.807, 2.05) is 6.07 Å². The van der Waals surface area contributed by atoms with Crippen molar-refractivity contribution in [2.24, 2.45) is 0 Å². The second kappa shape index (κ2) is 10.6. The summed E-state index contributed by atoms with van der Waals surface area (Å²) in [6.07, 6.45) is 3.54. The summed E-state index contributed by atoms with van der Waals surface area (Å²) in [5.41, 5.74) is 2.80. The maximum absolute atomic E-state index is 13.8. The molecule has 0 spiro atoms. The van der Waals surface area contributed by atoms with Gasteiger partial charge in [-0.2, -0.15) is 13.2 Å². The molecule has 2 aromatic rings. The summed E-state index contributed by atoms with van der Waals surface area (Å²) in [6.45, 7) is 2.43. The number of halogens is 3. The Morgan fingerprint density at radius 3 is 2.65 bits per heavy atom. The third-order valence-electron chi connectivity index (χ3n) is 7.38. The van der Waals surface area contributed by atoms with Crippen LogP contribution < -0.4 is 9.47 Å². The van der Waals surface area contributed by atoms with Crippen LogP contribution in [0.3, 0.4) is 0 Å². The van der Waals surface area contributed by atoms with Crippen molar-refractivity contribution in [3.05, 3.63) is 75.9 Å². The number of fused-ring (bicyclic) bond motifs is 1. The lowest BCUT2D eigenvalue weighted by Gasteiger charge is -2.27. The molecule has 0 atom stereocenters. The lowest BCUT2D eigenvalue weighted by atomic mass is 9.91. The molecular formula is C29H30F3NO4. The molecule has 2 aromatic carbocycles. The summed E-state index contributed by atoms with van der Waals surface area (Å²) in [5, 5.41) is 9.10. The molecule has 3 aliphatic rings. The van der Waals surface area contributed by atoms with E-state index in [1.165, 1.54) is 6.07 Å². The first-order valence-electron chi connectivity index (χ1n) is 12.7. The number of hydrogen-bond acceptors (Lipinski definition) is 4. The van der Waals surface area contributed by atoms with Crippen molar-refractivity contribution in [1.29, 1.82) is 0 Å². The average Bonchev–Trinajstić information content (AvgIpc) is 3.42. The van der Waals surface area contributed by atoms with Gasteiger partial charge >= 0.3 is 12.1 Å². The molecule has 2 heterocycles. The maximum Gasteiger partial charge on any atom is 0.416 e. The number of carbonyl (C=O) groups is 1. The van der Waals surface area contributed by atoms with Gasteiger partial charge in [-0.3, -0.25) is 4.90 Å². The summed E-state index contributed by atoms with van der Waals surface area (Å²) in [7, 11) is 0. The zero-order chi connectivity index (χ0) is 26.0. The van der Waals surface area contributed by atoms with Crippen molar-refractivity contribution >= 4 is 12.0 Å². The summed E-state index contributed by atoms with van der Waals surface area (Å²) in [5.74, 6) is 0.330. The van der Waals surface area contributed by atoms with E-state index in [4.69, 9.17) is 14.6 Å². The van der Waals surface area contributed by atoms with E-state index >= 15 is 0 Å². The van der Waals surface area contributed by atoms with E-state index in [2.05, 4.69) is 11.0 Å². The highest BCUT2D eigenvalue weighted by Crippen LogP contribution is 2.42. The zero-order valence-electron chi connectivity index (χ0n) is 20.5. The molecule has 1 fully saturated rings. The molecule has 0 unspecified atom stereocenters. The minimum Gasteiger partial charge on any atom is -0.489 e. The molecule has 0 amide bonds. The lowest BCUT2D eigenvalue weighted by molar-refractivity contribution is -0.138. The van der Waals surface area contributed by atoms with Gasteiger partial charge in [-0.15, -0.1) is 0 Å². The Morgan fingerprint density at radius 1 is 1.14 bits per heavy atom. The topological polar surface area (TPSA) is 59.0 Å². The first kappa shape index (κ1) is 25.4. The largest absolute Gasteiger partial charge is 0.489 e. The predicted octanol–water partition coefficient (Wildman–Crippen LogP) is 6.43. The van der Waals surface area contributed by atoms with Crippen LogP contribution in [0.15, 0.2) is 53.6 Å². The molecule has 1 aliphatic carbocycles. The Morgan fingerprint density at radius 2 is 1.95 bits per heavy atom. The number of aliphatic carboxylic acids is 1. The van der Waals surface area contributed by atoms with Crippen LogP contribution in [-0.2, 0) is 17.6 Å². The maximum atomic E-state index is 13.8. The third kappa shape index (κ3) is 6.01. The van der Waals surface area contributed by atoms with Crippen LogP contribution in [0.5, 0.6) is 11.5 Å². The Labute approximate surface area is 214 Å². The smallest absolute Gasteiger partial charge is 0.416 e. The quantitative estimate of drug-likeness (QED) is 0.462. The van der Waals surface area contributed by atoms with Crippen molar-refractivity contribution < 1.29 is 32.5 Å². The fraction of sp³-hybridized carbons (Fsp3) is 0.414. The van der Waals surface area contributed by atoms with Crippen LogP contribution in [0, 0.1) is 0 Å². The van der Waals surface area contributed by atoms with Gasteiger partial charge in [0, 0.05) is 36.8 Å². The SMILES string of the molecule is O=C(O)C1=CCN(CC2=Cc3ccc(OCc4ccc(C5CCCC5)c(C(F)(F)F)c4)cc3OC2)CC1. The minimum atomic E-state index is -4.39. The Balaban J connectivity index is 1.23. The van der Waals surface area contributed by atoms with Crippen molar-refractivity contribution in [1.82, 2.24) is 4.90 Å². The van der Waals surface area contributed by atoms with E-state index in [0.717, 1.165) is 36.8 Å². The van der Waals surface area contributed by atoms with E-state index in [1.54, 1.807) is 30.3 Å². The van der Waals surface area contributed by atoms with Crippen molar-refractivity contribution in [2.75, 3.05) is 26.2 Å². The van der Waals surface area contributed by atoms with Gasteiger partial charge < -0.3 is 14.6 Å². The molecule has 0 radical (unpaired) electrons.